The van der Waals surface area contributed by atoms with Crippen molar-refractivity contribution >= 4 is 41.4 Å². The molecule has 3 aromatic carbocycles. The van der Waals surface area contributed by atoms with Crippen molar-refractivity contribution in [3.8, 4) is 11.8 Å². The number of aliphatic hydroxyl groups is 2. The highest BCUT2D eigenvalue weighted by Gasteiger charge is 2.42. The molecule has 17 heteroatoms. The van der Waals surface area contributed by atoms with Crippen LogP contribution in [-0.4, -0.2) is 123 Å². The lowest BCUT2D eigenvalue weighted by Gasteiger charge is -2.27. The summed E-state index contributed by atoms with van der Waals surface area (Å²) in [4.78, 5) is 57.5. The number of hydroxylamine groups is 1. The Bertz CT molecular complexity index is 2050. The van der Waals surface area contributed by atoms with Crippen molar-refractivity contribution in [3.63, 3.8) is 0 Å². The summed E-state index contributed by atoms with van der Waals surface area (Å²) < 4.78 is 16.6. The maximum atomic E-state index is 13.8. The van der Waals surface area contributed by atoms with Gasteiger partial charge >= 0.3 is 12.1 Å². The number of amides is 5. The van der Waals surface area contributed by atoms with E-state index >= 15 is 0 Å². The summed E-state index contributed by atoms with van der Waals surface area (Å²) in [6, 6.07) is 23.3. The molecular formula is C47H60N6O10S. The second kappa shape index (κ2) is 25.9. The van der Waals surface area contributed by atoms with Crippen LogP contribution in [0.25, 0.3) is 0 Å². The Kier molecular flexibility index (Phi) is 19.6. The lowest BCUT2D eigenvalue weighted by Crippen LogP contribution is -2.39. The maximum Gasteiger partial charge on any atom is 0.407 e. The lowest BCUT2D eigenvalue weighted by molar-refractivity contribution is -0.121. The molecule has 64 heavy (non-hydrogen) atoms. The molecule has 3 aromatic rings. The van der Waals surface area contributed by atoms with Crippen LogP contribution in [0.3, 0.4) is 0 Å². The van der Waals surface area contributed by atoms with Gasteiger partial charge in [-0.3, -0.25) is 14.4 Å². The van der Waals surface area contributed by atoms with Gasteiger partial charge < -0.3 is 50.6 Å². The van der Waals surface area contributed by atoms with E-state index in [-0.39, 0.29) is 61.9 Å². The first-order valence-corrected chi connectivity index (χ1v) is 23.1. The van der Waals surface area contributed by atoms with E-state index < -0.39 is 6.09 Å². The number of benzene rings is 3. The number of carbonyl (C=O) groups is 4. The van der Waals surface area contributed by atoms with Gasteiger partial charge in [0.1, 0.15) is 6.61 Å². The number of para-hydroxylation sites is 1. The Morgan fingerprint density at radius 3 is 2.30 bits per heavy atom. The van der Waals surface area contributed by atoms with Crippen molar-refractivity contribution in [1.82, 2.24) is 26.7 Å². The zero-order chi connectivity index (χ0) is 44.9. The van der Waals surface area contributed by atoms with Gasteiger partial charge in [0.2, 0.25) is 5.91 Å². The van der Waals surface area contributed by atoms with Crippen LogP contribution in [-0.2, 0) is 30.4 Å². The number of hydrogen-bond acceptors (Lipinski definition) is 12. The van der Waals surface area contributed by atoms with Gasteiger partial charge in [0.15, 0.2) is 0 Å². The normalized spacial score (nSPS) is 20.5. The molecule has 0 aliphatic carbocycles. The first-order chi connectivity index (χ1) is 31.3. The molecule has 3 saturated heterocycles. The Labute approximate surface area is 378 Å². The minimum atomic E-state index is -0.489. The fourth-order valence-corrected chi connectivity index (χ4v) is 9.26. The summed E-state index contributed by atoms with van der Waals surface area (Å²) in [7, 11) is 0. The highest BCUT2D eigenvalue weighted by Crippen LogP contribution is 2.33. The second-order valence-corrected chi connectivity index (χ2v) is 17.0. The molecule has 5 atom stereocenters. The number of nitrogens with one attached hydrogen (secondary N) is 5. The molecule has 0 saturated carbocycles. The zero-order valence-electron chi connectivity index (χ0n) is 36.1. The topological polar surface area (TPSA) is 209 Å². The van der Waals surface area contributed by atoms with Crippen LogP contribution in [0.5, 0.6) is 0 Å². The van der Waals surface area contributed by atoms with Crippen molar-refractivity contribution in [2.24, 2.45) is 0 Å². The Balaban J connectivity index is 0.00000163. The molecule has 7 rings (SSSR count). The quantitative estimate of drug-likeness (QED) is 0.0435. The predicted octanol–water partition coefficient (Wildman–Crippen LogP) is 3.93. The lowest BCUT2D eigenvalue weighted by atomic mass is 9.99. The molecule has 7 N–H and O–H groups in total. The van der Waals surface area contributed by atoms with Gasteiger partial charge in [0.25, 0.3) is 5.91 Å². The van der Waals surface area contributed by atoms with E-state index in [0.29, 0.717) is 81.7 Å². The third-order valence-corrected chi connectivity index (χ3v) is 12.5. The Morgan fingerprint density at radius 2 is 1.53 bits per heavy atom. The molecule has 4 heterocycles. The molecule has 4 aliphatic rings. The number of alkyl carbamates (subject to hydrolysis) is 1. The average Bonchev–Trinajstić information content (AvgIpc) is 4.05. The summed E-state index contributed by atoms with van der Waals surface area (Å²) in [5.74, 6) is 7.30. The highest BCUT2D eigenvalue weighted by atomic mass is 32.2. The monoisotopic (exact) mass is 900 g/mol. The predicted molar refractivity (Wildman–Crippen MR) is 243 cm³/mol. The third-order valence-electron chi connectivity index (χ3n) is 11.0. The van der Waals surface area contributed by atoms with Crippen LogP contribution in [0.4, 0.5) is 15.3 Å². The van der Waals surface area contributed by atoms with E-state index in [1.54, 1.807) is 4.90 Å². The number of nitrogens with zero attached hydrogens (tertiary/aromatic N) is 1. The summed E-state index contributed by atoms with van der Waals surface area (Å²) in [5.41, 5.74) is 7.88. The molecule has 0 radical (unpaired) electrons. The van der Waals surface area contributed by atoms with Gasteiger partial charge in [-0.1, -0.05) is 66.8 Å². The summed E-state index contributed by atoms with van der Waals surface area (Å²) >= 11 is 1.90. The molecule has 0 aromatic heterocycles. The molecular weight excluding hydrogens is 841 g/mol. The molecule has 3 unspecified atom stereocenters. The number of unbranched alkanes of at least 4 members (excludes halogenated alkanes) is 1. The number of fused-ring (bicyclic) bond motifs is 3. The second-order valence-electron chi connectivity index (χ2n) is 15.7. The minimum Gasteiger partial charge on any atom is -0.445 e. The largest absolute Gasteiger partial charge is 0.445 e. The number of carbonyl (C=O) groups excluding carboxylic acids is 4. The summed E-state index contributed by atoms with van der Waals surface area (Å²) in [6.45, 7) is 3.20. The highest BCUT2D eigenvalue weighted by molar-refractivity contribution is 8.00. The minimum absolute atomic E-state index is 0.0619. The summed E-state index contributed by atoms with van der Waals surface area (Å²) in [5, 5.41) is 27.4. The number of aliphatic hydroxyl groups excluding tert-OH is 2. The Hall–Kier alpha value is -5.19. The number of anilines is 1. The van der Waals surface area contributed by atoms with Crippen LogP contribution in [0.1, 0.15) is 83.6 Å². The first-order valence-electron chi connectivity index (χ1n) is 22.1. The van der Waals surface area contributed by atoms with E-state index in [1.807, 2.05) is 84.6 Å². The molecule has 344 valence electrons. The number of hydrogen-bond donors (Lipinski definition) is 7. The van der Waals surface area contributed by atoms with Crippen molar-refractivity contribution in [3.05, 3.63) is 101 Å². The van der Waals surface area contributed by atoms with Crippen molar-refractivity contribution in [2.75, 3.05) is 69.9 Å². The van der Waals surface area contributed by atoms with E-state index in [0.717, 1.165) is 53.8 Å². The molecule has 5 amide bonds. The maximum absolute atomic E-state index is 13.8. The van der Waals surface area contributed by atoms with Gasteiger partial charge in [-0.2, -0.15) is 17.2 Å². The van der Waals surface area contributed by atoms with Crippen molar-refractivity contribution < 1.29 is 48.4 Å². The van der Waals surface area contributed by atoms with Gasteiger partial charge in [0, 0.05) is 54.9 Å². The number of thioether (sulfide) groups is 1. The summed E-state index contributed by atoms with van der Waals surface area (Å²) in [6.07, 6.45) is 4.64. The van der Waals surface area contributed by atoms with Gasteiger partial charge in [0.05, 0.1) is 68.5 Å². The van der Waals surface area contributed by atoms with Crippen LogP contribution in [0.15, 0.2) is 72.8 Å². The van der Waals surface area contributed by atoms with Gasteiger partial charge in [-0.25, -0.2) is 9.59 Å². The Morgan fingerprint density at radius 1 is 0.828 bits per heavy atom. The number of ether oxygens (including phenoxy) is 3. The molecule has 0 bridgehead atoms. The molecule has 4 aliphatic heterocycles. The van der Waals surface area contributed by atoms with Crippen LogP contribution < -0.4 is 31.6 Å². The van der Waals surface area contributed by atoms with Crippen LogP contribution >= 0.6 is 11.8 Å². The molecule has 3 fully saturated rings. The standard InChI is InChI=1S/C45H54N6O8S.C2H6O2/c52-41(14-6-5-13-40-42-38(30-60-40)48-44(54)49-42)46-21-7-23-56-25-26-57-24-8-22-47-45(55)58-29-31-15-17-33(18-16-31)37-27-35(59-50-37)28-51-39-12-4-2-10-34(39)20-19-32-9-1-3-11-36(32)43(51)53;3-1-2-4/h1-4,9-12,15-18,35,37-38,40,42,50H,5-8,13-14,21-30H2,(H,46,52)(H,47,55)(H2,48,49,54);3-4H,1-2H2/t35?,37?,38-,40?,42-;/m0./s1. The zero-order valence-corrected chi connectivity index (χ0v) is 36.9. The SMILES string of the molecule is O=C(CCCCC1SC[C@@H]2NC(=O)N[C@H]12)NCCCOCCOCCCNC(=O)OCc1ccc(C2CC(CN3C(=O)c4ccccc4C#Cc4ccccc43)ON2)cc1.OCCO. The van der Waals surface area contributed by atoms with Gasteiger partial charge in [-0.05, 0) is 67.5 Å². The fraction of sp³-hybridized carbons (Fsp3) is 0.489. The van der Waals surface area contributed by atoms with E-state index in [9.17, 15) is 19.2 Å². The van der Waals surface area contributed by atoms with Crippen LogP contribution in [0, 0.1) is 11.8 Å². The first kappa shape index (κ1) is 48.3. The van der Waals surface area contributed by atoms with Crippen LogP contribution in [0.2, 0.25) is 0 Å². The number of rotatable bonds is 22. The molecule has 0 spiro atoms. The number of urea groups is 1. The molecule has 16 nitrogen and oxygen atoms in total. The third kappa shape index (κ3) is 14.7. The van der Waals surface area contributed by atoms with E-state index in [1.165, 1.54) is 0 Å². The van der Waals surface area contributed by atoms with Crippen molar-refractivity contribution in [1.29, 1.82) is 0 Å². The van der Waals surface area contributed by atoms with E-state index in [2.05, 4.69) is 38.6 Å². The average molecular weight is 901 g/mol. The smallest absolute Gasteiger partial charge is 0.407 e. The van der Waals surface area contributed by atoms with E-state index in [4.69, 9.17) is 29.3 Å². The van der Waals surface area contributed by atoms with Gasteiger partial charge in [-0.15, -0.1) is 0 Å². The fourth-order valence-electron chi connectivity index (χ4n) is 7.72. The van der Waals surface area contributed by atoms with Crippen molar-refractivity contribution in [2.45, 2.75) is 81.0 Å².